The van der Waals surface area contributed by atoms with Crippen LogP contribution < -0.4 is 10.8 Å². The predicted molar refractivity (Wildman–Crippen MR) is 182 cm³/mol. The molecule has 1 aliphatic carbocycles. The van der Waals surface area contributed by atoms with E-state index in [1.54, 1.807) is 0 Å². The second-order valence-electron chi connectivity index (χ2n) is 13.7. The minimum absolute atomic E-state index is 0.0268. The molecule has 0 radical (unpaired) electrons. The molecule has 218 valence electrons. The molecule has 0 amide bonds. The fourth-order valence-corrected chi connectivity index (χ4v) is 6.91. The van der Waals surface area contributed by atoms with E-state index in [9.17, 15) is 0 Å². The number of anilines is 2. The lowest BCUT2D eigenvalue weighted by Gasteiger charge is -2.32. The molecule has 5 heteroatoms. The van der Waals surface area contributed by atoms with Gasteiger partial charge in [-0.3, -0.25) is 0 Å². The van der Waals surface area contributed by atoms with Gasteiger partial charge in [-0.25, -0.2) is 0 Å². The summed E-state index contributed by atoms with van der Waals surface area (Å²) in [6.45, 7) is 12.9. The normalized spacial score (nSPS) is 17.6. The van der Waals surface area contributed by atoms with Gasteiger partial charge < -0.3 is 19.0 Å². The predicted octanol–water partition coefficient (Wildman–Crippen LogP) is 9.60. The third-order valence-corrected chi connectivity index (χ3v) is 10.1. The van der Waals surface area contributed by atoms with Gasteiger partial charge >= 0.3 is 7.12 Å². The van der Waals surface area contributed by atoms with Crippen molar-refractivity contribution >= 4 is 45.9 Å². The van der Waals surface area contributed by atoms with E-state index >= 15 is 0 Å². The summed E-state index contributed by atoms with van der Waals surface area (Å²) in [4.78, 5) is 0. The monoisotopic (exact) mass is 577 g/mol. The van der Waals surface area contributed by atoms with Gasteiger partial charge in [0.2, 0.25) is 0 Å². The number of furan rings is 1. The minimum Gasteiger partial charge on any atom is -0.456 e. The van der Waals surface area contributed by atoms with Crippen molar-refractivity contribution in [2.45, 2.75) is 58.2 Å². The molecule has 0 atom stereocenters. The van der Waals surface area contributed by atoms with Crippen LogP contribution in [-0.2, 0) is 14.7 Å². The van der Waals surface area contributed by atoms with Crippen LogP contribution in [0.3, 0.4) is 0 Å². The summed E-state index contributed by atoms with van der Waals surface area (Å²) in [6, 6.07) is 36.6. The zero-order valence-electron chi connectivity index (χ0n) is 26.1. The van der Waals surface area contributed by atoms with Crippen LogP contribution >= 0.6 is 0 Å². The first-order valence-electron chi connectivity index (χ1n) is 15.5. The standard InChI is InChI=1S/C39H36BNO3/c1-37(2)32-15-8-7-11-28(32)29-22-21-26(23-33(29)37)41-25-19-17-24(18-20-25)27-12-9-13-30-31-14-10-16-34(36(31)42-35(27)30)40-43-38(3,4)39(5,6)44-40/h7-23,41H,1-6H3. The van der Waals surface area contributed by atoms with Crippen molar-refractivity contribution in [1.29, 1.82) is 0 Å². The fourth-order valence-electron chi connectivity index (χ4n) is 6.91. The highest BCUT2D eigenvalue weighted by atomic mass is 16.7. The third-order valence-electron chi connectivity index (χ3n) is 10.1. The summed E-state index contributed by atoms with van der Waals surface area (Å²) in [5.41, 5.74) is 11.4. The Labute approximate surface area is 259 Å². The molecule has 0 unspecified atom stereocenters. The average molecular weight is 578 g/mol. The highest BCUT2D eigenvalue weighted by molar-refractivity contribution is 6.65. The van der Waals surface area contributed by atoms with Gasteiger partial charge in [0.25, 0.3) is 0 Å². The molecule has 2 aliphatic rings. The Kier molecular flexibility index (Phi) is 5.79. The first-order chi connectivity index (χ1) is 21.0. The van der Waals surface area contributed by atoms with E-state index in [0.717, 1.165) is 49.9 Å². The molecule has 4 nitrogen and oxygen atoms in total. The topological polar surface area (TPSA) is 43.6 Å². The van der Waals surface area contributed by atoms with Crippen LogP contribution in [0.4, 0.5) is 11.4 Å². The van der Waals surface area contributed by atoms with Gasteiger partial charge in [0, 0.05) is 38.6 Å². The fraction of sp³-hybridized carbons (Fsp3) is 0.231. The van der Waals surface area contributed by atoms with Crippen LogP contribution in [0.5, 0.6) is 0 Å². The second kappa shape index (κ2) is 9.34. The highest BCUT2D eigenvalue weighted by Gasteiger charge is 2.52. The van der Waals surface area contributed by atoms with Crippen molar-refractivity contribution < 1.29 is 13.7 Å². The smallest absolute Gasteiger partial charge is 0.456 e. The Morgan fingerprint density at radius 3 is 1.91 bits per heavy atom. The van der Waals surface area contributed by atoms with E-state index in [4.69, 9.17) is 13.7 Å². The van der Waals surface area contributed by atoms with Crippen LogP contribution in [-0.4, -0.2) is 18.3 Å². The zero-order chi connectivity index (χ0) is 30.4. The van der Waals surface area contributed by atoms with Gasteiger partial charge in [-0.05, 0) is 79.8 Å². The molecule has 6 aromatic rings. The van der Waals surface area contributed by atoms with E-state index in [2.05, 4.69) is 144 Å². The highest BCUT2D eigenvalue weighted by Crippen LogP contribution is 2.49. The second-order valence-corrected chi connectivity index (χ2v) is 13.7. The van der Waals surface area contributed by atoms with Gasteiger partial charge in [0.05, 0.1) is 11.2 Å². The van der Waals surface area contributed by atoms with Gasteiger partial charge in [0.1, 0.15) is 11.2 Å². The first kappa shape index (κ1) is 27.2. The molecule has 44 heavy (non-hydrogen) atoms. The number of fused-ring (bicyclic) bond motifs is 6. The number of nitrogens with one attached hydrogen (secondary N) is 1. The van der Waals surface area contributed by atoms with E-state index < -0.39 is 18.3 Å². The average Bonchev–Trinajstić information content (AvgIpc) is 3.57. The SMILES string of the molecule is CC1(C)c2ccccc2-c2ccc(Nc3ccc(-c4cccc5c4oc4c(B6OC(C)(C)C(C)(C)O6)cccc45)cc3)cc21. The number of para-hydroxylation sites is 2. The number of rotatable bonds is 4. The van der Waals surface area contributed by atoms with E-state index in [-0.39, 0.29) is 5.41 Å². The Hall–Kier alpha value is -4.32. The lowest BCUT2D eigenvalue weighted by atomic mass is 9.78. The largest absolute Gasteiger partial charge is 0.498 e. The van der Waals surface area contributed by atoms with Crippen molar-refractivity contribution in [3.8, 4) is 22.3 Å². The van der Waals surface area contributed by atoms with Gasteiger partial charge in [-0.1, -0.05) is 92.7 Å². The molecule has 1 fully saturated rings. The molecule has 0 saturated carbocycles. The molecule has 1 saturated heterocycles. The third kappa shape index (κ3) is 3.99. The van der Waals surface area contributed by atoms with Gasteiger partial charge in [-0.2, -0.15) is 0 Å². The summed E-state index contributed by atoms with van der Waals surface area (Å²) in [5.74, 6) is 0. The van der Waals surface area contributed by atoms with Crippen LogP contribution in [0.2, 0.25) is 0 Å². The Balaban J connectivity index is 1.11. The molecular weight excluding hydrogens is 541 g/mol. The lowest BCUT2D eigenvalue weighted by Crippen LogP contribution is -2.41. The van der Waals surface area contributed by atoms with Crippen LogP contribution in [0, 0.1) is 0 Å². The van der Waals surface area contributed by atoms with E-state index in [1.165, 1.54) is 22.3 Å². The lowest BCUT2D eigenvalue weighted by molar-refractivity contribution is 0.00578. The van der Waals surface area contributed by atoms with Crippen LogP contribution in [0.25, 0.3) is 44.2 Å². The van der Waals surface area contributed by atoms with Crippen molar-refractivity contribution in [3.05, 3.63) is 114 Å². The molecule has 0 spiro atoms. The summed E-state index contributed by atoms with van der Waals surface area (Å²) in [6.07, 6.45) is 0. The first-order valence-corrected chi connectivity index (χ1v) is 15.5. The summed E-state index contributed by atoms with van der Waals surface area (Å²) < 4.78 is 19.4. The maximum atomic E-state index is 6.66. The number of benzene rings is 5. The maximum absolute atomic E-state index is 6.66. The molecule has 1 aliphatic heterocycles. The maximum Gasteiger partial charge on any atom is 0.498 e. The van der Waals surface area contributed by atoms with E-state index in [1.807, 2.05) is 6.07 Å². The Morgan fingerprint density at radius 1 is 0.545 bits per heavy atom. The molecular formula is C39H36BNO3. The Morgan fingerprint density at radius 2 is 1.16 bits per heavy atom. The van der Waals surface area contributed by atoms with Crippen molar-refractivity contribution in [2.75, 3.05) is 5.32 Å². The molecule has 2 heterocycles. The minimum atomic E-state index is -0.489. The molecule has 8 rings (SSSR count). The van der Waals surface area contributed by atoms with E-state index in [0.29, 0.717) is 0 Å². The molecule has 0 bridgehead atoms. The molecule has 1 aromatic heterocycles. The number of hydrogen-bond donors (Lipinski definition) is 1. The molecule has 5 aromatic carbocycles. The van der Waals surface area contributed by atoms with Crippen LogP contribution in [0.15, 0.2) is 108 Å². The molecule has 1 N–H and O–H groups in total. The van der Waals surface area contributed by atoms with Gasteiger partial charge in [-0.15, -0.1) is 0 Å². The quantitative estimate of drug-likeness (QED) is 0.212. The number of hydrogen-bond acceptors (Lipinski definition) is 4. The summed E-state index contributed by atoms with van der Waals surface area (Å²) >= 11 is 0. The summed E-state index contributed by atoms with van der Waals surface area (Å²) in [5, 5.41) is 5.78. The van der Waals surface area contributed by atoms with Crippen LogP contribution in [0.1, 0.15) is 52.7 Å². The van der Waals surface area contributed by atoms with Gasteiger partial charge in [0.15, 0.2) is 0 Å². The Bertz CT molecular complexity index is 2070. The zero-order valence-corrected chi connectivity index (χ0v) is 26.1. The van der Waals surface area contributed by atoms with Crippen molar-refractivity contribution in [3.63, 3.8) is 0 Å². The summed E-state index contributed by atoms with van der Waals surface area (Å²) in [7, 11) is -0.489. The van der Waals surface area contributed by atoms with Crippen molar-refractivity contribution in [2.24, 2.45) is 0 Å². The van der Waals surface area contributed by atoms with Crippen molar-refractivity contribution in [1.82, 2.24) is 0 Å².